The van der Waals surface area contributed by atoms with Gasteiger partial charge in [-0.05, 0) is 38.4 Å². The number of piperidine rings is 1. The zero-order valence-corrected chi connectivity index (χ0v) is 14.8. The number of hydrogen-bond acceptors (Lipinski definition) is 5. The van der Waals surface area contributed by atoms with Gasteiger partial charge in [0.1, 0.15) is 11.5 Å². The predicted molar refractivity (Wildman–Crippen MR) is 91.7 cm³/mol. The highest BCUT2D eigenvalue weighted by Gasteiger charge is 2.39. The lowest BCUT2D eigenvalue weighted by molar-refractivity contribution is -0.122. The Morgan fingerprint density at radius 1 is 1.29 bits per heavy atom. The van der Waals surface area contributed by atoms with Crippen LogP contribution in [0.25, 0.3) is 0 Å². The normalized spacial score (nSPS) is 26.4. The summed E-state index contributed by atoms with van der Waals surface area (Å²) in [6.45, 7) is 8.62. The highest BCUT2D eigenvalue weighted by molar-refractivity contribution is 5.77. The largest absolute Gasteiger partial charge is 0.465 e. The van der Waals surface area contributed by atoms with Gasteiger partial charge in [0.15, 0.2) is 0 Å². The van der Waals surface area contributed by atoms with E-state index in [-0.39, 0.29) is 11.3 Å². The predicted octanol–water partition coefficient (Wildman–Crippen LogP) is 1.25. The first-order valence-corrected chi connectivity index (χ1v) is 8.87. The minimum Gasteiger partial charge on any atom is -0.465 e. The number of amides is 1. The van der Waals surface area contributed by atoms with Gasteiger partial charge in [0.25, 0.3) is 0 Å². The summed E-state index contributed by atoms with van der Waals surface area (Å²) in [4.78, 5) is 16.5. The molecule has 1 N–H and O–H groups in total. The number of carbonyl (C=O) groups is 1. The molecule has 3 heterocycles. The SMILES string of the molecule is CNC(=O)CN1CCOC[C@@]2(CCCN(Cc3ccc(C)o3)C2)C1. The summed E-state index contributed by atoms with van der Waals surface area (Å²) in [6.07, 6.45) is 2.32. The van der Waals surface area contributed by atoms with Crippen LogP contribution in [0.15, 0.2) is 16.5 Å². The summed E-state index contributed by atoms with van der Waals surface area (Å²) in [6, 6.07) is 4.09. The second-order valence-electron chi connectivity index (χ2n) is 7.26. The number of hydrogen-bond donors (Lipinski definition) is 1. The monoisotopic (exact) mass is 335 g/mol. The van der Waals surface area contributed by atoms with Crippen LogP contribution in [-0.2, 0) is 16.1 Å². The van der Waals surface area contributed by atoms with Gasteiger partial charge in [-0.2, -0.15) is 0 Å². The Bertz CT molecular complexity index is 559. The summed E-state index contributed by atoms with van der Waals surface area (Å²) in [5.41, 5.74) is 0.115. The molecular weight excluding hydrogens is 306 g/mol. The molecule has 2 aliphatic rings. The van der Waals surface area contributed by atoms with Gasteiger partial charge in [-0.15, -0.1) is 0 Å². The number of likely N-dealkylation sites (tertiary alicyclic amines) is 1. The maximum atomic E-state index is 11.8. The van der Waals surface area contributed by atoms with E-state index in [0.29, 0.717) is 13.2 Å². The lowest BCUT2D eigenvalue weighted by Gasteiger charge is -2.43. The molecule has 134 valence electrons. The Kier molecular flexibility index (Phi) is 5.58. The number of nitrogens with one attached hydrogen (secondary N) is 1. The zero-order chi connectivity index (χ0) is 17.0. The summed E-state index contributed by atoms with van der Waals surface area (Å²) >= 11 is 0. The molecule has 2 saturated heterocycles. The van der Waals surface area contributed by atoms with Crippen molar-refractivity contribution in [1.29, 1.82) is 0 Å². The third-order valence-electron chi connectivity index (χ3n) is 5.08. The van der Waals surface area contributed by atoms with Crippen LogP contribution >= 0.6 is 0 Å². The lowest BCUT2D eigenvalue weighted by atomic mass is 9.80. The minimum absolute atomic E-state index is 0.0748. The number of rotatable bonds is 4. The Morgan fingerprint density at radius 2 is 2.12 bits per heavy atom. The molecule has 1 aromatic rings. The maximum Gasteiger partial charge on any atom is 0.233 e. The number of carbonyl (C=O) groups excluding carboxylic acids is 1. The van der Waals surface area contributed by atoms with E-state index in [0.717, 1.165) is 63.7 Å². The summed E-state index contributed by atoms with van der Waals surface area (Å²) in [5, 5.41) is 2.72. The zero-order valence-electron chi connectivity index (χ0n) is 14.8. The highest BCUT2D eigenvalue weighted by atomic mass is 16.5. The molecule has 0 unspecified atom stereocenters. The van der Waals surface area contributed by atoms with Crippen molar-refractivity contribution < 1.29 is 13.9 Å². The first-order valence-electron chi connectivity index (χ1n) is 8.87. The van der Waals surface area contributed by atoms with Crippen molar-refractivity contribution in [2.24, 2.45) is 5.41 Å². The Hall–Kier alpha value is -1.37. The van der Waals surface area contributed by atoms with Crippen molar-refractivity contribution in [2.75, 3.05) is 53.0 Å². The topological polar surface area (TPSA) is 58.0 Å². The van der Waals surface area contributed by atoms with Gasteiger partial charge in [-0.3, -0.25) is 14.6 Å². The fourth-order valence-corrected chi connectivity index (χ4v) is 3.98. The van der Waals surface area contributed by atoms with E-state index < -0.39 is 0 Å². The molecule has 6 nitrogen and oxygen atoms in total. The van der Waals surface area contributed by atoms with Gasteiger partial charge in [0, 0.05) is 32.1 Å². The number of nitrogens with zero attached hydrogens (tertiary/aromatic N) is 2. The smallest absolute Gasteiger partial charge is 0.233 e. The number of likely N-dealkylation sites (N-methyl/N-ethyl adjacent to an activating group) is 1. The molecule has 6 heteroatoms. The Labute approximate surface area is 144 Å². The van der Waals surface area contributed by atoms with Gasteiger partial charge in [-0.25, -0.2) is 0 Å². The maximum absolute atomic E-state index is 11.8. The van der Waals surface area contributed by atoms with Gasteiger partial charge in [-0.1, -0.05) is 0 Å². The van der Waals surface area contributed by atoms with Crippen molar-refractivity contribution in [1.82, 2.24) is 15.1 Å². The van der Waals surface area contributed by atoms with Crippen LogP contribution in [-0.4, -0.2) is 68.7 Å². The van der Waals surface area contributed by atoms with Crippen molar-refractivity contribution in [3.05, 3.63) is 23.7 Å². The van der Waals surface area contributed by atoms with Crippen LogP contribution in [0.1, 0.15) is 24.4 Å². The standard InChI is InChI=1S/C18H29N3O3/c1-15-4-5-16(24-15)10-20-7-3-6-18(12-20)13-21(8-9-23-14-18)11-17(22)19-2/h4-5H,3,6-14H2,1-2H3,(H,19,22)/t18-/m1/s1. The van der Waals surface area contributed by atoms with E-state index in [1.165, 1.54) is 0 Å². The lowest BCUT2D eigenvalue weighted by Crippen LogP contribution is -2.51. The first-order chi connectivity index (χ1) is 11.6. The molecule has 3 rings (SSSR count). The second kappa shape index (κ2) is 7.68. The van der Waals surface area contributed by atoms with Crippen LogP contribution in [0.3, 0.4) is 0 Å². The second-order valence-corrected chi connectivity index (χ2v) is 7.26. The average Bonchev–Trinajstić information content (AvgIpc) is 2.86. The summed E-state index contributed by atoms with van der Waals surface area (Å²) < 4.78 is 11.7. The van der Waals surface area contributed by atoms with Crippen molar-refractivity contribution in [3.8, 4) is 0 Å². The van der Waals surface area contributed by atoms with E-state index in [4.69, 9.17) is 9.15 Å². The van der Waals surface area contributed by atoms with Crippen molar-refractivity contribution in [2.45, 2.75) is 26.3 Å². The summed E-state index contributed by atoms with van der Waals surface area (Å²) in [7, 11) is 1.69. The van der Waals surface area contributed by atoms with Crippen LogP contribution in [0, 0.1) is 12.3 Å². The fourth-order valence-electron chi connectivity index (χ4n) is 3.98. The Balaban J connectivity index is 1.64. The Morgan fingerprint density at radius 3 is 2.88 bits per heavy atom. The van der Waals surface area contributed by atoms with Gasteiger partial charge in [0.2, 0.25) is 5.91 Å². The van der Waals surface area contributed by atoms with Crippen molar-refractivity contribution >= 4 is 5.91 Å². The molecule has 24 heavy (non-hydrogen) atoms. The van der Waals surface area contributed by atoms with E-state index >= 15 is 0 Å². The molecule has 0 aromatic carbocycles. The number of aryl methyl sites for hydroxylation is 1. The van der Waals surface area contributed by atoms with Crippen LogP contribution in [0.2, 0.25) is 0 Å². The van der Waals surface area contributed by atoms with Gasteiger partial charge >= 0.3 is 0 Å². The molecule has 1 spiro atoms. The van der Waals surface area contributed by atoms with Gasteiger partial charge < -0.3 is 14.5 Å². The summed E-state index contributed by atoms with van der Waals surface area (Å²) in [5.74, 6) is 2.07. The molecular formula is C18H29N3O3. The van der Waals surface area contributed by atoms with Crippen LogP contribution < -0.4 is 5.32 Å². The molecule has 0 aliphatic carbocycles. The van der Waals surface area contributed by atoms with E-state index in [9.17, 15) is 4.79 Å². The quantitative estimate of drug-likeness (QED) is 0.897. The van der Waals surface area contributed by atoms with E-state index in [2.05, 4.69) is 21.2 Å². The fraction of sp³-hybridized carbons (Fsp3) is 0.722. The van der Waals surface area contributed by atoms with Crippen LogP contribution in [0.5, 0.6) is 0 Å². The number of ether oxygens (including phenoxy) is 1. The first kappa shape index (κ1) is 17.5. The minimum atomic E-state index is 0.0748. The molecule has 0 radical (unpaired) electrons. The molecule has 2 aliphatic heterocycles. The van der Waals surface area contributed by atoms with E-state index in [1.54, 1.807) is 7.05 Å². The van der Waals surface area contributed by atoms with Crippen molar-refractivity contribution in [3.63, 3.8) is 0 Å². The molecule has 1 aromatic heterocycles. The molecule has 2 fully saturated rings. The highest BCUT2D eigenvalue weighted by Crippen LogP contribution is 2.33. The van der Waals surface area contributed by atoms with Crippen LogP contribution in [0.4, 0.5) is 0 Å². The average molecular weight is 335 g/mol. The molecule has 0 saturated carbocycles. The number of furan rings is 1. The molecule has 1 atom stereocenters. The third kappa shape index (κ3) is 4.37. The molecule has 0 bridgehead atoms. The van der Waals surface area contributed by atoms with E-state index in [1.807, 2.05) is 13.0 Å². The van der Waals surface area contributed by atoms with Gasteiger partial charge in [0.05, 0.1) is 26.3 Å². The third-order valence-corrected chi connectivity index (χ3v) is 5.08. The molecule has 1 amide bonds.